The van der Waals surface area contributed by atoms with Gasteiger partial charge < -0.3 is 9.84 Å². The Morgan fingerprint density at radius 3 is 2.65 bits per heavy atom. The Bertz CT molecular complexity index is 660. The van der Waals surface area contributed by atoms with Crippen LogP contribution >= 0.6 is 0 Å². The fourth-order valence-electron chi connectivity index (χ4n) is 2.62. The second kappa shape index (κ2) is 8.52. The van der Waals surface area contributed by atoms with Crippen LogP contribution in [-0.2, 0) is 0 Å². The van der Waals surface area contributed by atoms with Crippen LogP contribution in [0.2, 0.25) is 0 Å². The smallest absolute Gasteiger partial charge is 0.127 e. The Hall–Kier alpha value is -2.09. The van der Waals surface area contributed by atoms with E-state index in [1.165, 1.54) is 0 Å². The molecule has 0 aliphatic carbocycles. The van der Waals surface area contributed by atoms with Crippen molar-refractivity contribution in [3.05, 3.63) is 42.5 Å². The van der Waals surface area contributed by atoms with Crippen LogP contribution in [0.3, 0.4) is 0 Å². The van der Waals surface area contributed by atoms with Crippen LogP contribution in [0.1, 0.15) is 13.8 Å². The van der Waals surface area contributed by atoms with E-state index in [0.29, 0.717) is 13.1 Å². The Morgan fingerprint density at radius 1 is 1.17 bits per heavy atom. The summed E-state index contributed by atoms with van der Waals surface area (Å²) in [6.45, 7) is 6.14. The minimum Gasteiger partial charge on any atom is -0.490 e. The largest absolute Gasteiger partial charge is 0.490 e. The first kappa shape index (κ1) is 17.3. The molecule has 2 aromatic carbocycles. The van der Waals surface area contributed by atoms with Crippen LogP contribution in [0.25, 0.3) is 10.8 Å². The number of nitrogens with zero attached hydrogens (tertiary/aromatic N) is 2. The Labute approximate surface area is 137 Å². The van der Waals surface area contributed by atoms with Gasteiger partial charge in [-0.3, -0.25) is 4.90 Å². The third-order valence-electron chi connectivity index (χ3n) is 3.85. The molecule has 2 atom stereocenters. The number of rotatable bonds is 8. The number of fused-ring (bicyclic) bond motifs is 1. The van der Waals surface area contributed by atoms with Crippen LogP contribution in [0.5, 0.6) is 5.75 Å². The number of hydrogen-bond donors (Lipinski definition) is 1. The summed E-state index contributed by atoms with van der Waals surface area (Å²) in [5.74, 6) is 0.747. The highest BCUT2D eigenvalue weighted by atomic mass is 16.5. The van der Waals surface area contributed by atoms with E-state index >= 15 is 0 Å². The predicted molar refractivity (Wildman–Crippen MR) is 92.3 cm³/mol. The molecule has 0 fully saturated rings. The van der Waals surface area contributed by atoms with Gasteiger partial charge in [0.05, 0.1) is 12.0 Å². The van der Waals surface area contributed by atoms with Crippen LogP contribution in [0, 0.1) is 17.2 Å². The number of hydrogen-bond acceptors (Lipinski definition) is 4. The van der Waals surface area contributed by atoms with E-state index in [2.05, 4.69) is 11.0 Å². The summed E-state index contributed by atoms with van der Waals surface area (Å²) in [5.41, 5.74) is 0. The van der Waals surface area contributed by atoms with E-state index in [4.69, 9.17) is 10.00 Å². The SMILES string of the molecule is CCN(CC(C)C#N)CC(O)COc1cccc2ccccc12. The van der Waals surface area contributed by atoms with Crippen LogP contribution < -0.4 is 4.74 Å². The lowest BCUT2D eigenvalue weighted by Crippen LogP contribution is -2.37. The van der Waals surface area contributed by atoms with Crippen LogP contribution in [0.4, 0.5) is 0 Å². The molecule has 0 saturated heterocycles. The fraction of sp³-hybridized carbons (Fsp3) is 0.421. The third-order valence-corrected chi connectivity index (χ3v) is 3.85. The Balaban J connectivity index is 1.93. The van der Waals surface area contributed by atoms with Gasteiger partial charge in [-0.05, 0) is 24.9 Å². The summed E-state index contributed by atoms with van der Waals surface area (Å²) < 4.78 is 5.82. The van der Waals surface area contributed by atoms with Crippen molar-refractivity contribution >= 4 is 10.8 Å². The van der Waals surface area contributed by atoms with Gasteiger partial charge >= 0.3 is 0 Å². The van der Waals surface area contributed by atoms with Gasteiger partial charge in [-0.25, -0.2) is 0 Å². The zero-order valence-electron chi connectivity index (χ0n) is 13.8. The summed E-state index contributed by atoms with van der Waals surface area (Å²) >= 11 is 0. The maximum Gasteiger partial charge on any atom is 0.127 e. The highest BCUT2D eigenvalue weighted by Crippen LogP contribution is 2.25. The summed E-state index contributed by atoms with van der Waals surface area (Å²) in [7, 11) is 0. The predicted octanol–water partition coefficient (Wildman–Crippen LogP) is 3.06. The molecule has 0 saturated carbocycles. The number of nitriles is 1. The molecule has 2 aromatic rings. The zero-order chi connectivity index (χ0) is 16.7. The first-order chi connectivity index (χ1) is 11.1. The number of likely N-dealkylation sites (N-methyl/N-ethyl adjacent to an activating group) is 1. The van der Waals surface area contributed by atoms with E-state index in [1.807, 2.05) is 56.3 Å². The van der Waals surface area contributed by atoms with Crippen molar-refractivity contribution in [2.24, 2.45) is 5.92 Å². The van der Waals surface area contributed by atoms with Crippen LogP contribution in [0.15, 0.2) is 42.5 Å². The van der Waals surface area contributed by atoms with Gasteiger partial charge in [-0.15, -0.1) is 0 Å². The molecule has 0 aromatic heterocycles. The molecular formula is C19H24N2O2. The topological polar surface area (TPSA) is 56.5 Å². The quantitative estimate of drug-likeness (QED) is 0.814. The van der Waals surface area contributed by atoms with Gasteiger partial charge in [0.15, 0.2) is 0 Å². The van der Waals surface area contributed by atoms with E-state index in [0.717, 1.165) is 23.1 Å². The van der Waals surface area contributed by atoms with E-state index in [9.17, 15) is 5.11 Å². The highest BCUT2D eigenvalue weighted by molar-refractivity contribution is 5.88. The molecule has 4 nitrogen and oxygen atoms in total. The van der Waals surface area contributed by atoms with Gasteiger partial charge in [0, 0.05) is 18.5 Å². The second-order valence-electron chi connectivity index (χ2n) is 5.82. The number of aliphatic hydroxyl groups excluding tert-OH is 1. The molecule has 2 unspecified atom stereocenters. The Kier molecular flexibility index (Phi) is 6.40. The first-order valence-corrected chi connectivity index (χ1v) is 8.04. The number of ether oxygens (including phenoxy) is 1. The number of benzene rings is 2. The lowest BCUT2D eigenvalue weighted by atomic mass is 10.1. The van der Waals surface area contributed by atoms with Gasteiger partial charge in [0.25, 0.3) is 0 Å². The van der Waals surface area contributed by atoms with Crippen LogP contribution in [-0.4, -0.2) is 42.4 Å². The zero-order valence-corrected chi connectivity index (χ0v) is 13.8. The summed E-state index contributed by atoms with van der Waals surface area (Å²) in [6, 6.07) is 16.2. The number of aliphatic hydroxyl groups is 1. The standard InChI is InChI=1S/C19H24N2O2/c1-3-21(12-15(2)11-20)13-17(22)14-23-19-10-6-8-16-7-4-5-9-18(16)19/h4-10,15,17,22H,3,12-14H2,1-2H3. The van der Waals surface area contributed by atoms with Gasteiger partial charge in [-0.1, -0.05) is 43.3 Å². The van der Waals surface area contributed by atoms with Crippen molar-refractivity contribution in [3.63, 3.8) is 0 Å². The lowest BCUT2D eigenvalue weighted by Gasteiger charge is -2.24. The molecule has 122 valence electrons. The minimum absolute atomic E-state index is 0.0406. The van der Waals surface area contributed by atoms with Gasteiger partial charge in [0.1, 0.15) is 18.5 Å². The average molecular weight is 312 g/mol. The maximum absolute atomic E-state index is 10.2. The van der Waals surface area contributed by atoms with Crippen molar-refractivity contribution in [1.29, 1.82) is 5.26 Å². The maximum atomic E-state index is 10.2. The monoisotopic (exact) mass is 312 g/mol. The molecule has 2 rings (SSSR count). The summed E-state index contributed by atoms with van der Waals surface area (Å²) in [4.78, 5) is 2.07. The van der Waals surface area contributed by atoms with Crippen molar-refractivity contribution < 1.29 is 9.84 Å². The van der Waals surface area contributed by atoms with E-state index < -0.39 is 6.10 Å². The second-order valence-corrected chi connectivity index (χ2v) is 5.82. The minimum atomic E-state index is -0.584. The van der Waals surface area contributed by atoms with Gasteiger partial charge in [0.2, 0.25) is 0 Å². The average Bonchev–Trinajstić information content (AvgIpc) is 2.59. The summed E-state index contributed by atoms with van der Waals surface area (Å²) in [6.07, 6.45) is -0.584. The van der Waals surface area contributed by atoms with Crippen molar-refractivity contribution in [3.8, 4) is 11.8 Å². The molecule has 0 bridgehead atoms. The lowest BCUT2D eigenvalue weighted by molar-refractivity contribution is 0.0681. The molecule has 1 N–H and O–H groups in total. The van der Waals surface area contributed by atoms with Crippen molar-refractivity contribution in [1.82, 2.24) is 4.90 Å². The third kappa shape index (κ3) is 4.95. The normalized spacial score (nSPS) is 13.7. The molecule has 0 aliphatic heterocycles. The molecule has 0 spiro atoms. The van der Waals surface area contributed by atoms with E-state index in [1.54, 1.807) is 0 Å². The Morgan fingerprint density at radius 2 is 1.91 bits per heavy atom. The molecule has 0 heterocycles. The fourth-order valence-corrected chi connectivity index (χ4v) is 2.62. The first-order valence-electron chi connectivity index (χ1n) is 8.04. The molecule has 4 heteroatoms. The van der Waals surface area contributed by atoms with Crippen molar-refractivity contribution in [2.45, 2.75) is 20.0 Å². The molecule has 0 aliphatic rings. The van der Waals surface area contributed by atoms with Crippen molar-refractivity contribution in [2.75, 3.05) is 26.2 Å². The molecule has 0 radical (unpaired) electrons. The van der Waals surface area contributed by atoms with Gasteiger partial charge in [-0.2, -0.15) is 5.26 Å². The molecule has 23 heavy (non-hydrogen) atoms. The molecule has 0 amide bonds. The highest BCUT2D eigenvalue weighted by Gasteiger charge is 2.14. The molecular weight excluding hydrogens is 288 g/mol. The van der Waals surface area contributed by atoms with E-state index in [-0.39, 0.29) is 12.5 Å². The summed E-state index contributed by atoms with van der Waals surface area (Å²) in [5, 5.41) is 21.3.